The molecule has 0 amide bonds. The molecule has 0 radical (unpaired) electrons. The van der Waals surface area contributed by atoms with E-state index in [1.54, 1.807) is 7.11 Å². The number of likely N-dealkylation sites (tertiary alicyclic amines) is 1. The lowest BCUT2D eigenvalue weighted by molar-refractivity contribution is 0.104. The third-order valence-corrected chi connectivity index (χ3v) is 6.82. The molecule has 0 spiro atoms. The highest BCUT2D eigenvalue weighted by atomic mass is 16.5. The van der Waals surface area contributed by atoms with Crippen LogP contribution in [0.25, 0.3) is 0 Å². The van der Waals surface area contributed by atoms with Crippen LogP contribution >= 0.6 is 0 Å². The zero-order chi connectivity index (χ0) is 15.6. The summed E-state index contributed by atoms with van der Waals surface area (Å²) in [5.41, 5.74) is 1.43. The second kappa shape index (κ2) is 6.84. The van der Waals surface area contributed by atoms with E-state index in [0.717, 1.165) is 23.6 Å². The Hall–Kier alpha value is -1.02. The third-order valence-electron chi connectivity index (χ3n) is 6.82. The number of para-hydroxylation sites is 1. The molecule has 1 saturated heterocycles. The summed E-state index contributed by atoms with van der Waals surface area (Å²) in [7, 11) is 1.80. The monoisotopic (exact) mass is 313 g/mol. The van der Waals surface area contributed by atoms with Gasteiger partial charge < -0.3 is 9.64 Å². The van der Waals surface area contributed by atoms with E-state index < -0.39 is 0 Å². The number of hydrogen-bond acceptors (Lipinski definition) is 2. The number of fused-ring (bicyclic) bond motifs is 2. The maximum absolute atomic E-state index is 5.58. The van der Waals surface area contributed by atoms with Crippen molar-refractivity contribution >= 4 is 0 Å². The summed E-state index contributed by atoms with van der Waals surface area (Å²) in [6.45, 7) is 2.57. The van der Waals surface area contributed by atoms with Crippen LogP contribution in [-0.2, 0) is 0 Å². The molecule has 2 bridgehead atoms. The Balaban J connectivity index is 1.41. The van der Waals surface area contributed by atoms with E-state index in [-0.39, 0.29) is 0 Å². The van der Waals surface area contributed by atoms with Crippen molar-refractivity contribution in [3.8, 4) is 5.75 Å². The van der Waals surface area contributed by atoms with Crippen LogP contribution in [0.1, 0.15) is 62.8 Å². The predicted molar refractivity (Wildman–Crippen MR) is 95.0 cm³/mol. The first kappa shape index (κ1) is 15.5. The van der Waals surface area contributed by atoms with Crippen LogP contribution in [0.2, 0.25) is 0 Å². The first-order valence-electron chi connectivity index (χ1n) is 9.72. The Labute approximate surface area is 141 Å². The van der Waals surface area contributed by atoms with Gasteiger partial charge in [0.2, 0.25) is 0 Å². The lowest BCUT2D eigenvalue weighted by Gasteiger charge is -2.40. The molecule has 23 heavy (non-hydrogen) atoms. The molecule has 1 heterocycles. The number of methoxy groups -OCH3 is 1. The van der Waals surface area contributed by atoms with E-state index in [4.69, 9.17) is 4.74 Å². The molecule has 2 heteroatoms. The van der Waals surface area contributed by atoms with Crippen molar-refractivity contribution in [2.24, 2.45) is 11.8 Å². The van der Waals surface area contributed by atoms with Gasteiger partial charge in [0.05, 0.1) is 7.11 Å². The fourth-order valence-electron chi connectivity index (χ4n) is 5.60. The zero-order valence-corrected chi connectivity index (χ0v) is 14.5. The van der Waals surface area contributed by atoms with Crippen LogP contribution in [-0.4, -0.2) is 31.1 Å². The molecule has 1 aromatic rings. The van der Waals surface area contributed by atoms with Gasteiger partial charge in [-0.05, 0) is 74.6 Å². The van der Waals surface area contributed by atoms with Crippen molar-refractivity contribution in [3.63, 3.8) is 0 Å². The smallest absolute Gasteiger partial charge is 0.122 e. The van der Waals surface area contributed by atoms with Crippen LogP contribution in [0.5, 0.6) is 5.75 Å². The molecule has 3 fully saturated rings. The average molecular weight is 313 g/mol. The highest BCUT2D eigenvalue weighted by Gasteiger charge is 2.37. The Morgan fingerprint density at radius 2 is 1.78 bits per heavy atom. The number of piperidine rings is 1. The van der Waals surface area contributed by atoms with Crippen LogP contribution < -0.4 is 4.74 Å². The fraction of sp³-hybridized carbons (Fsp3) is 0.714. The quantitative estimate of drug-likeness (QED) is 0.791. The van der Waals surface area contributed by atoms with Crippen molar-refractivity contribution in [2.45, 2.75) is 63.3 Å². The minimum atomic E-state index is 0.685. The Kier molecular flexibility index (Phi) is 4.61. The average Bonchev–Trinajstić information content (AvgIpc) is 2.96. The van der Waals surface area contributed by atoms with E-state index >= 15 is 0 Å². The number of ether oxygens (including phenoxy) is 1. The van der Waals surface area contributed by atoms with E-state index in [0.29, 0.717) is 5.92 Å². The minimum absolute atomic E-state index is 0.685. The summed E-state index contributed by atoms with van der Waals surface area (Å²) in [5, 5.41) is 0. The van der Waals surface area contributed by atoms with Crippen LogP contribution in [0.3, 0.4) is 0 Å². The number of hydrogen-bond donors (Lipinski definition) is 0. The summed E-state index contributed by atoms with van der Waals surface area (Å²) < 4.78 is 5.58. The van der Waals surface area contributed by atoms with Gasteiger partial charge in [0.25, 0.3) is 0 Å². The second-order valence-corrected chi connectivity index (χ2v) is 7.99. The van der Waals surface area contributed by atoms with Gasteiger partial charge in [-0.1, -0.05) is 37.5 Å². The topological polar surface area (TPSA) is 12.5 Å². The zero-order valence-electron chi connectivity index (χ0n) is 14.5. The van der Waals surface area contributed by atoms with E-state index in [1.807, 2.05) is 0 Å². The van der Waals surface area contributed by atoms with Gasteiger partial charge in [-0.3, -0.25) is 0 Å². The first-order chi connectivity index (χ1) is 11.3. The molecule has 2 aliphatic carbocycles. The molecule has 2 saturated carbocycles. The predicted octanol–water partition coefficient (Wildman–Crippen LogP) is 4.84. The number of nitrogens with zero attached hydrogens (tertiary/aromatic N) is 1. The normalized spacial score (nSPS) is 32.7. The van der Waals surface area contributed by atoms with Crippen LogP contribution in [0, 0.1) is 11.8 Å². The molecule has 2 nitrogen and oxygen atoms in total. The summed E-state index contributed by atoms with van der Waals surface area (Å²) >= 11 is 0. The van der Waals surface area contributed by atoms with Crippen molar-refractivity contribution in [1.29, 1.82) is 0 Å². The molecule has 3 unspecified atom stereocenters. The van der Waals surface area contributed by atoms with E-state index in [9.17, 15) is 0 Å². The summed E-state index contributed by atoms with van der Waals surface area (Å²) in [4.78, 5) is 2.85. The van der Waals surface area contributed by atoms with Crippen molar-refractivity contribution in [2.75, 3.05) is 20.2 Å². The molecular weight excluding hydrogens is 282 g/mol. The minimum Gasteiger partial charge on any atom is -0.496 e. The van der Waals surface area contributed by atoms with Crippen molar-refractivity contribution < 1.29 is 4.74 Å². The van der Waals surface area contributed by atoms with Gasteiger partial charge in [-0.2, -0.15) is 0 Å². The standard InChI is InChI=1S/C21H31NO/c1-23-21-8-3-2-6-19(21)17-11-13-22(14-12-17)20-7-4-5-16-9-10-18(20)15-16/h2-3,6,8,16-18,20H,4-5,7,9-15H2,1H3. The summed E-state index contributed by atoms with van der Waals surface area (Å²) in [5.74, 6) is 3.84. The molecular formula is C21H31NO. The SMILES string of the molecule is COc1ccccc1C1CCN(C2CCCC3CCC2C3)CC1. The second-order valence-electron chi connectivity index (χ2n) is 7.99. The molecule has 3 aliphatic rings. The molecule has 0 aromatic heterocycles. The molecule has 126 valence electrons. The first-order valence-corrected chi connectivity index (χ1v) is 9.72. The Bertz CT molecular complexity index is 520. The lowest BCUT2D eigenvalue weighted by Crippen LogP contribution is -2.44. The van der Waals surface area contributed by atoms with Gasteiger partial charge in [0.1, 0.15) is 5.75 Å². The van der Waals surface area contributed by atoms with Crippen molar-refractivity contribution in [3.05, 3.63) is 29.8 Å². The highest BCUT2D eigenvalue weighted by molar-refractivity contribution is 5.36. The number of benzene rings is 1. The maximum atomic E-state index is 5.58. The molecule has 3 atom stereocenters. The van der Waals surface area contributed by atoms with Gasteiger partial charge in [-0.25, -0.2) is 0 Å². The van der Waals surface area contributed by atoms with Gasteiger partial charge >= 0.3 is 0 Å². The van der Waals surface area contributed by atoms with Gasteiger partial charge in [-0.15, -0.1) is 0 Å². The van der Waals surface area contributed by atoms with Crippen LogP contribution in [0.15, 0.2) is 24.3 Å². The molecule has 0 N–H and O–H groups in total. The largest absolute Gasteiger partial charge is 0.496 e. The van der Waals surface area contributed by atoms with Crippen LogP contribution in [0.4, 0.5) is 0 Å². The van der Waals surface area contributed by atoms with E-state index in [2.05, 4.69) is 29.2 Å². The Morgan fingerprint density at radius 3 is 2.61 bits per heavy atom. The van der Waals surface area contributed by atoms with Crippen molar-refractivity contribution in [1.82, 2.24) is 4.90 Å². The van der Waals surface area contributed by atoms with Gasteiger partial charge in [0.15, 0.2) is 0 Å². The number of rotatable bonds is 3. The summed E-state index contributed by atoms with van der Waals surface area (Å²) in [6, 6.07) is 9.52. The van der Waals surface area contributed by atoms with Gasteiger partial charge in [0, 0.05) is 6.04 Å². The molecule has 4 rings (SSSR count). The molecule has 1 aliphatic heterocycles. The van der Waals surface area contributed by atoms with E-state index in [1.165, 1.54) is 70.0 Å². The molecule has 1 aromatic carbocycles. The Morgan fingerprint density at radius 1 is 0.957 bits per heavy atom. The fourth-order valence-corrected chi connectivity index (χ4v) is 5.60. The third kappa shape index (κ3) is 3.15. The summed E-state index contributed by atoms with van der Waals surface area (Å²) in [6.07, 6.45) is 11.6. The maximum Gasteiger partial charge on any atom is 0.122 e. The highest BCUT2D eigenvalue weighted by Crippen LogP contribution is 2.43. The lowest BCUT2D eigenvalue weighted by atomic mass is 9.86.